The summed E-state index contributed by atoms with van der Waals surface area (Å²) in [5.41, 5.74) is 4.22. The van der Waals surface area contributed by atoms with E-state index in [9.17, 15) is 9.59 Å². The molecule has 2 aromatic carbocycles. The highest BCUT2D eigenvalue weighted by molar-refractivity contribution is 5.85. The Hall–Kier alpha value is -3.74. The Morgan fingerprint density at radius 2 is 1.50 bits per heavy atom. The number of rotatable bonds is 10. The van der Waals surface area contributed by atoms with Gasteiger partial charge in [-0.05, 0) is 35.6 Å². The molecule has 1 fully saturated rings. The van der Waals surface area contributed by atoms with Gasteiger partial charge in [0.1, 0.15) is 0 Å². The van der Waals surface area contributed by atoms with Crippen LogP contribution in [0, 0.1) is 5.92 Å². The first kappa shape index (κ1) is 27.3. The van der Waals surface area contributed by atoms with Gasteiger partial charge in [-0.1, -0.05) is 81.8 Å². The highest BCUT2D eigenvalue weighted by Crippen LogP contribution is 2.24. The molecule has 1 aromatic heterocycles. The van der Waals surface area contributed by atoms with Crippen LogP contribution in [0.15, 0.2) is 66.7 Å². The Morgan fingerprint density at radius 3 is 2.11 bits per heavy atom. The number of benzene rings is 2. The molecule has 1 aliphatic rings. The van der Waals surface area contributed by atoms with Crippen LogP contribution in [0.2, 0.25) is 0 Å². The molecule has 0 N–H and O–H groups in total. The van der Waals surface area contributed by atoms with Crippen molar-refractivity contribution in [1.82, 2.24) is 20.0 Å². The van der Waals surface area contributed by atoms with E-state index in [-0.39, 0.29) is 24.3 Å². The fraction of sp³-hybridized carbons (Fsp3) is 0.419. The predicted molar refractivity (Wildman–Crippen MR) is 153 cm³/mol. The molecule has 3 aromatic rings. The summed E-state index contributed by atoms with van der Waals surface area (Å²) in [7, 11) is 0. The lowest BCUT2D eigenvalue weighted by Crippen LogP contribution is -2.52. The molecule has 0 saturated carbocycles. The minimum Gasteiger partial charge on any atom is -0.352 e. The fourth-order valence-electron chi connectivity index (χ4n) is 4.68. The molecule has 2 heterocycles. The zero-order valence-corrected chi connectivity index (χ0v) is 22.8. The highest BCUT2D eigenvalue weighted by Gasteiger charge is 2.25. The average molecular weight is 514 g/mol. The van der Waals surface area contributed by atoms with Gasteiger partial charge in [-0.3, -0.25) is 9.59 Å². The van der Waals surface area contributed by atoms with E-state index in [1.165, 1.54) is 11.1 Å². The van der Waals surface area contributed by atoms with Crippen LogP contribution >= 0.6 is 0 Å². The largest absolute Gasteiger partial charge is 0.352 e. The monoisotopic (exact) mass is 513 g/mol. The Morgan fingerprint density at radius 1 is 0.842 bits per heavy atom. The van der Waals surface area contributed by atoms with Crippen LogP contribution in [0.5, 0.6) is 0 Å². The molecule has 2 amide bonds. The number of hydrogen-bond donors (Lipinski definition) is 0. The quantitative estimate of drug-likeness (QED) is 0.376. The summed E-state index contributed by atoms with van der Waals surface area (Å²) in [5.74, 6) is 1.20. The lowest BCUT2D eigenvalue weighted by Gasteiger charge is -2.36. The first-order chi connectivity index (χ1) is 18.4. The van der Waals surface area contributed by atoms with Crippen LogP contribution in [0.25, 0.3) is 22.4 Å². The summed E-state index contributed by atoms with van der Waals surface area (Å²) in [6.45, 7) is 9.60. The van der Waals surface area contributed by atoms with Crippen LogP contribution in [0.3, 0.4) is 0 Å². The van der Waals surface area contributed by atoms with E-state index in [0.29, 0.717) is 39.1 Å². The minimum absolute atomic E-state index is 0.0261. The van der Waals surface area contributed by atoms with Gasteiger partial charge in [0.15, 0.2) is 5.82 Å². The number of hydrogen-bond acceptors (Lipinski definition) is 5. The molecule has 0 bridgehead atoms. The highest BCUT2D eigenvalue weighted by atomic mass is 16.2. The first-order valence-corrected chi connectivity index (χ1v) is 13.7. The second-order valence-corrected chi connectivity index (χ2v) is 10.4. The first-order valence-electron chi connectivity index (χ1n) is 13.7. The summed E-state index contributed by atoms with van der Waals surface area (Å²) in [6, 6.07) is 22.7. The van der Waals surface area contributed by atoms with Crippen molar-refractivity contribution >= 4 is 17.6 Å². The van der Waals surface area contributed by atoms with Gasteiger partial charge in [-0.25, -0.2) is 0 Å². The van der Waals surface area contributed by atoms with E-state index in [0.717, 1.165) is 29.9 Å². The number of unbranched alkanes of at least 4 members (excludes halogenated alkanes) is 1. The van der Waals surface area contributed by atoms with Crippen LogP contribution in [-0.4, -0.2) is 71.1 Å². The number of carbonyl (C=O) groups is 2. The molecular formula is C31H39N5O2. The number of aromatic nitrogens is 2. The molecule has 38 heavy (non-hydrogen) atoms. The summed E-state index contributed by atoms with van der Waals surface area (Å²) in [5, 5.41) is 8.96. The molecule has 200 valence electrons. The number of carbonyl (C=O) groups excluding carboxylic acids is 2. The normalized spacial score (nSPS) is 13.6. The molecule has 7 heteroatoms. The zero-order chi connectivity index (χ0) is 26.9. The van der Waals surface area contributed by atoms with Gasteiger partial charge in [0.2, 0.25) is 11.8 Å². The molecule has 0 aliphatic carbocycles. The van der Waals surface area contributed by atoms with Crippen molar-refractivity contribution in [2.45, 2.75) is 40.0 Å². The molecule has 7 nitrogen and oxygen atoms in total. The van der Waals surface area contributed by atoms with Gasteiger partial charge in [-0.15, -0.1) is 10.2 Å². The van der Waals surface area contributed by atoms with Crippen molar-refractivity contribution in [3.8, 4) is 22.4 Å². The van der Waals surface area contributed by atoms with Gasteiger partial charge in [0.25, 0.3) is 0 Å². The van der Waals surface area contributed by atoms with Gasteiger partial charge >= 0.3 is 0 Å². The van der Waals surface area contributed by atoms with Gasteiger partial charge in [-0.2, -0.15) is 0 Å². The zero-order valence-electron chi connectivity index (χ0n) is 22.8. The third-order valence-corrected chi connectivity index (χ3v) is 6.94. The second kappa shape index (κ2) is 13.2. The van der Waals surface area contributed by atoms with Crippen LogP contribution in [0.4, 0.5) is 5.82 Å². The van der Waals surface area contributed by atoms with E-state index in [4.69, 9.17) is 0 Å². The van der Waals surface area contributed by atoms with Crippen LogP contribution in [0.1, 0.15) is 40.0 Å². The van der Waals surface area contributed by atoms with E-state index >= 15 is 0 Å². The molecule has 0 atom stereocenters. The van der Waals surface area contributed by atoms with Gasteiger partial charge in [0, 0.05) is 44.7 Å². The van der Waals surface area contributed by atoms with Crippen molar-refractivity contribution in [3.05, 3.63) is 66.7 Å². The van der Waals surface area contributed by atoms with E-state index in [1.54, 1.807) is 4.90 Å². The smallest absolute Gasteiger partial charge is 0.242 e. The summed E-state index contributed by atoms with van der Waals surface area (Å²) < 4.78 is 0. The van der Waals surface area contributed by atoms with Crippen molar-refractivity contribution in [2.24, 2.45) is 5.92 Å². The third kappa shape index (κ3) is 7.18. The predicted octanol–water partition coefficient (Wildman–Crippen LogP) is 5.13. The lowest BCUT2D eigenvalue weighted by molar-refractivity contribution is -0.141. The van der Waals surface area contributed by atoms with Crippen LogP contribution in [-0.2, 0) is 9.59 Å². The van der Waals surface area contributed by atoms with Crippen molar-refractivity contribution in [1.29, 1.82) is 0 Å². The van der Waals surface area contributed by atoms with Crippen molar-refractivity contribution in [2.75, 3.05) is 44.2 Å². The third-order valence-electron chi connectivity index (χ3n) is 6.94. The molecule has 0 spiro atoms. The Kier molecular flexibility index (Phi) is 9.46. The SMILES string of the molecule is CCCCN(CC(=O)N1CCN(c2ccc(-c3ccc(-c4ccccc4)cc3)nn2)CC1)C(=O)CC(C)C. The Labute approximate surface area is 226 Å². The molecule has 4 rings (SSSR count). The molecule has 1 aliphatic heterocycles. The fourth-order valence-corrected chi connectivity index (χ4v) is 4.68. The second-order valence-electron chi connectivity index (χ2n) is 10.4. The summed E-state index contributed by atoms with van der Waals surface area (Å²) in [6.07, 6.45) is 2.39. The minimum atomic E-state index is 0.0261. The lowest BCUT2D eigenvalue weighted by atomic mass is 10.0. The molecular weight excluding hydrogens is 474 g/mol. The topological polar surface area (TPSA) is 69.6 Å². The van der Waals surface area contributed by atoms with E-state index in [2.05, 4.69) is 58.4 Å². The summed E-state index contributed by atoms with van der Waals surface area (Å²) in [4.78, 5) is 31.4. The maximum atomic E-state index is 13.0. The molecule has 0 unspecified atom stereocenters. The summed E-state index contributed by atoms with van der Waals surface area (Å²) >= 11 is 0. The van der Waals surface area contributed by atoms with E-state index in [1.807, 2.05) is 49.1 Å². The molecule has 1 saturated heterocycles. The number of nitrogens with zero attached hydrogens (tertiary/aromatic N) is 5. The van der Waals surface area contributed by atoms with E-state index < -0.39 is 0 Å². The number of piperazine rings is 1. The number of anilines is 1. The Balaban J connectivity index is 1.31. The Bertz CT molecular complexity index is 1170. The maximum absolute atomic E-state index is 13.0. The van der Waals surface area contributed by atoms with Gasteiger partial charge in [0.05, 0.1) is 12.2 Å². The van der Waals surface area contributed by atoms with Crippen LogP contribution < -0.4 is 4.90 Å². The number of amides is 2. The molecule has 0 radical (unpaired) electrons. The average Bonchev–Trinajstić information content (AvgIpc) is 2.95. The van der Waals surface area contributed by atoms with Gasteiger partial charge < -0.3 is 14.7 Å². The van der Waals surface area contributed by atoms with Crippen molar-refractivity contribution in [3.63, 3.8) is 0 Å². The maximum Gasteiger partial charge on any atom is 0.242 e. The van der Waals surface area contributed by atoms with Crippen molar-refractivity contribution < 1.29 is 9.59 Å². The standard InChI is InChI=1S/C31H39N5O2/c1-4-5-17-36(30(37)22-24(2)3)23-31(38)35-20-18-34(19-21-35)29-16-15-28(32-33-29)27-13-11-26(12-14-27)25-9-7-6-8-10-25/h6-16,24H,4-5,17-23H2,1-3H3.